The summed E-state index contributed by atoms with van der Waals surface area (Å²) in [5.74, 6) is -0.827. The van der Waals surface area contributed by atoms with Crippen molar-refractivity contribution in [3.63, 3.8) is 0 Å². The van der Waals surface area contributed by atoms with Gasteiger partial charge in [-0.05, 0) is 29.5 Å². The van der Waals surface area contributed by atoms with Crippen molar-refractivity contribution in [2.75, 3.05) is 7.05 Å². The topological polar surface area (TPSA) is 57.6 Å². The van der Waals surface area contributed by atoms with Gasteiger partial charge in [-0.15, -0.1) is 11.3 Å². The Balaban J connectivity index is 2.58. The Morgan fingerprint density at radius 2 is 2.22 bits per heavy atom. The van der Waals surface area contributed by atoms with Crippen LogP contribution >= 0.6 is 11.3 Å². The van der Waals surface area contributed by atoms with Gasteiger partial charge in [-0.3, -0.25) is 4.79 Å². The van der Waals surface area contributed by atoms with Crippen LogP contribution in [-0.2, 0) is 16.1 Å². The largest absolute Gasteiger partial charge is 0.478 e. The smallest absolute Gasteiger partial charge is 0.328 e. The van der Waals surface area contributed by atoms with Crippen LogP contribution in [0.25, 0.3) is 6.08 Å². The van der Waals surface area contributed by atoms with Crippen molar-refractivity contribution in [1.82, 2.24) is 4.90 Å². The van der Waals surface area contributed by atoms with Crippen LogP contribution < -0.4 is 0 Å². The Hall–Kier alpha value is -1.62. The number of hydrogen-bond acceptors (Lipinski definition) is 3. The van der Waals surface area contributed by atoms with Crippen LogP contribution in [0.5, 0.6) is 0 Å². The molecule has 1 aromatic rings. The van der Waals surface area contributed by atoms with Crippen LogP contribution in [0.4, 0.5) is 0 Å². The Morgan fingerprint density at radius 3 is 2.83 bits per heavy atom. The summed E-state index contributed by atoms with van der Waals surface area (Å²) in [5, 5.41) is 10.5. The quantitative estimate of drug-likeness (QED) is 0.806. The number of carboxylic acids is 1. The highest BCUT2D eigenvalue weighted by molar-refractivity contribution is 7.11. The number of carboxylic acid groups (broad SMARTS) is 1. The zero-order valence-electron chi connectivity index (χ0n) is 10.5. The van der Waals surface area contributed by atoms with Crippen LogP contribution in [-0.4, -0.2) is 28.9 Å². The molecule has 0 bridgehead atoms. The van der Waals surface area contributed by atoms with Gasteiger partial charge >= 0.3 is 5.97 Å². The van der Waals surface area contributed by atoms with Gasteiger partial charge in [0, 0.05) is 31.0 Å². The summed E-state index contributed by atoms with van der Waals surface area (Å²) in [7, 11) is 1.78. The van der Waals surface area contributed by atoms with E-state index in [1.54, 1.807) is 18.0 Å². The lowest BCUT2D eigenvalue weighted by molar-refractivity contribution is -0.131. The second-order valence-electron chi connectivity index (χ2n) is 4.03. The van der Waals surface area contributed by atoms with E-state index in [1.807, 2.05) is 18.4 Å². The molecule has 1 amide bonds. The number of carbonyl (C=O) groups excluding carboxylic acids is 1. The van der Waals surface area contributed by atoms with Gasteiger partial charge in [0.05, 0.1) is 0 Å². The third kappa shape index (κ3) is 4.71. The predicted octanol–water partition coefficient (Wildman–Crippen LogP) is 2.60. The van der Waals surface area contributed by atoms with E-state index in [-0.39, 0.29) is 5.91 Å². The zero-order chi connectivity index (χ0) is 13.5. The standard InChI is InChI=1S/C13H17NO3S/c1-3-4-12(15)14(2)8-10-7-11(18-9-10)5-6-13(16)17/h5-7,9H,3-4,8H2,1-2H3,(H,16,17). The molecule has 0 unspecified atom stereocenters. The molecule has 4 nitrogen and oxygen atoms in total. The first kappa shape index (κ1) is 14.4. The molecule has 0 saturated heterocycles. The van der Waals surface area contributed by atoms with Crippen molar-refractivity contribution in [3.8, 4) is 0 Å². The van der Waals surface area contributed by atoms with E-state index in [0.717, 1.165) is 22.9 Å². The lowest BCUT2D eigenvalue weighted by Gasteiger charge is -2.15. The lowest BCUT2D eigenvalue weighted by Crippen LogP contribution is -2.25. The number of nitrogens with zero attached hydrogens (tertiary/aromatic N) is 1. The minimum atomic E-state index is -0.958. The maximum atomic E-state index is 11.6. The molecule has 0 radical (unpaired) electrons. The summed E-state index contributed by atoms with van der Waals surface area (Å²) in [6.07, 6.45) is 4.08. The second-order valence-corrected chi connectivity index (χ2v) is 4.97. The molecule has 98 valence electrons. The molecule has 0 spiro atoms. The molecule has 0 saturated carbocycles. The molecule has 0 aromatic carbocycles. The van der Waals surface area contributed by atoms with Crippen LogP contribution in [0.15, 0.2) is 17.5 Å². The van der Waals surface area contributed by atoms with E-state index in [4.69, 9.17) is 5.11 Å². The zero-order valence-corrected chi connectivity index (χ0v) is 11.4. The first-order valence-electron chi connectivity index (χ1n) is 5.75. The summed E-state index contributed by atoms with van der Waals surface area (Å²) >= 11 is 1.47. The first-order chi connectivity index (χ1) is 8.52. The van der Waals surface area contributed by atoms with Gasteiger partial charge in [0.1, 0.15) is 0 Å². The number of rotatable bonds is 6. The van der Waals surface area contributed by atoms with Crippen LogP contribution in [0.2, 0.25) is 0 Å². The van der Waals surface area contributed by atoms with Gasteiger partial charge in [0.25, 0.3) is 0 Å². The molecule has 5 heteroatoms. The Labute approximate surface area is 111 Å². The summed E-state index contributed by atoms with van der Waals surface area (Å²) < 4.78 is 0. The van der Waals surface area contributed by atoms with E-state index in [0.29, 0.717) is 13.0 Å². The van der Waals surface area contributed by atoms with Gasteiger partial charge in [-0.25, -0.2) is 4.79 Å². The predicted molar refractivity (Wildman–Crippen MR) is 72.4 cm³/mol. The minimum absolute atomic E-state index is 0.131. The number of aliphatic carboxylic acids is 1. The number of hydrogen-bond donors (Lipinski definition) is 1. The van der Waals surface area contributed by atoms with E-state index >= 15 is 0 Å². The molecule has 0 fully saturated rings. The van der Waals surface area contributed by atoms with Gasteiger partial charge in [0.2, 0.25) is 5.91 Å². The minimum Gasteiger partial charge on any atom is -0.478 e. The molecular weight excluding hydrogens is 250 g/mol. The molecule has 0 atom stereocenters. The number of thiophene rings is 1. The van der Waals surface area contributed by atoms with Crippen LogP contribution in [0.3, 0.4) is 0 Å². The molecule has 1 aromatic heterocycles. The first-order valence-corrected chi connectivity index (χ1v) is 6.63. The van der Waals surface area contributed by atoms with Crippen molar-refractivity contribution in [2.24, 2.45) is 0 Å². The highest BCUT2D eigenvalue weighted by Gasteiger charge is 2.08. The van der Waals surface area contributed by atoms with Crippen molar-refractivity contribution in [2.45, 2.75) is 26.3 Å². The Kier molecular flexibility index (Phi) is 5.58. The van der Waals surface area contributed by atoms with Crippen molar-refractivity contribution in [1.29, 1.82) is 0 Å². The molecule has 18 heavy (non-hydrogen) atoms. The Bertz CT molecular complexity index is 451. The van der Waals surface area contributed by atoms with E-state index in [9.17, 15) is 9.59 Å². The molecular formula is C13H17NO3S. The molecule has 1 N–H and O–H groups in total. The second kappa shape index (κ2) is 6.96. The van der Waals surface area contributed by atoms with Gasteiger partial charge in [-0.1, -0.05) is 6.92 Å². The third-order valence-corrected chi connectivity index (χ3v) is 3.32. The molecule has 0 aliphatic carbocycles. The normalized spacial score (nSPS) is 10.8. The van der Waals surface area contributed by atoms with Crippen LogP contribution in [0.1, 0.15) is 30.2 Å². The van der Waals surface area contributed by atoms with Gasteiger partial charge in [0.15, 0.2) is 0 Å². The lowest BCUT2D eigenvalue weighted by atomic mass is 10.2. The molecule has 1 heterocycles. The summed E-state index contributed by atoms with van der Waals surface area (Å²) in [4.78, 5) is 24.6. The van der Waals surface area contributed by atoms with Gasteiger partial charge < -0.3 is 10.0 Å². The SMILES string of the molecule is CCCC(=O)N(C)Cc1csc(C=CC(=O)O)c1. The molecule has 0 aliphatic heterocycles. The maximum Gasteiger partial charge on any atom is 0.328 e. The average molecular weight is 267 g/mol. The van der Waals surface area contributed by atoms with Crippen molar-refractivity contribution < 1.29 is 14.7 Å². The molecule has 0 aliphatic rings. The van der Waals surface area contributed by atoms with E-state index in [1.165, 1.54) is 11.3 Å². The fourth-order valence-electron chi connectivity index (χ4n) is 1.48. The number of carbonyl (C=O) groups is 2. The molecule has 1 rings (SSSR count). The highest BCUT2D eigenvalue weighted by atomic mass is 32.1. The van der Waals surface area contributed by atoms with E-state index in [2.05, 4.69) is 0 Å². The monoisotopic (exact) mass is 267 g/mol. The highest BCUT2D eigenvalue weighted by Crippen LogP contribution is 2.17. The maximum absolute atomic E-state index is 11.6. The Morgan fingerprint density at radius 1 is 1.50 bits per heavy atom. The summed E-state index contributed by atoms with van der Waals surface area (Å²) in [6.45, 7) is 2.54. The van der Waals surface area contributed by atoms with Gasteiger partial charge in [-0.2, -0.15) is 0 Å². The van der Waals surface area contributed by atoms with E-state index < -0.39 is 5.97 Å². The van der Waals surface area contributed by atoms with Crippen molar-refractivity contribution in [3.05, 3.63) is 28.0 Å². The fraction of sp³-hybridized carbons (Fsp3) is 0.385. The summed E-state index contributed by atoms with van der Waals surface area (Å²) in [6, 6.07) is 1.90. The number of amides is 1. The third-order valence-electron chi connectivity index (χ3n) is 2.37. The fourth-order valence-corrected chi connectivity index (χ4v) is 2.28. The summed E-state index contributed by atoms with van der Waals surface area (Å²) in [5.41, 5.74) is 1.02. The average Bonchev–Trinajstić information content (AvgIpc) is 2.74. The van der Waals surface area contributed by atoms with Crippen molar-refractivity contribution >= 4 is 29.3 Å². The van der Waals surface area contributed by atoms with Crippen LogP contribution in [0, 0.1) is 0 Å².